The van der Waals surface area contributed by atoms with Gasteiger partial charge in [-0.3, -0.25) is 4.52 Å². The van der Waals surface area contributed by atoms with Gasteiger partial charge < -0.3 is 35.3 Å². The van der Waals surface area contributed by atoms with Crippen LogP contribution in [-0.4, -0.2) is 72.9 Å². The Balaban J connectivity index is 4.52. The molecule has 0 unspecified atom stereocenters. The molecule has 0 aliphatic heterocycles. The highest BCUT2D eigenvalue weighted by molar-refractivity contribution is 7.46. The van der Waals surface area contributed by atoms with Crippen LogP contribution in [0.25, 0.3) is 0 Å². The van der Waals surface area contributed by atoms with E-state index in [1.54, 1.807) is 0 Å². The van der Waals surface area contributed by atoms with Crippen LogP contribution in [-0.2, 0) is 9.09 Å². The summed E-state index contributed by atoms with van der Waals surface area (Å²) in [6.45, 7) is -1.85. The average molecular weight is 262 g/mol. The Morgan fingerprint density at radius 2 is 1.50 bits per heavy atom. The van der Waals surface area contributed by atoms with Crippen molar-refractivity contribution in [3.8, 4) is 0 Å². The minimum Gasteiger partial charge on any atom is -0.394 e. The number of hydrogen-bond donors (Lipinski definition) is 7. The third-order valence-corrected chi connectivity index (χ3v) is 2.31. The van der Waals surface area contributed by atoms with E-state index in [0.717, 1.165) is 0 Å². The standard InChI is InChI=1S/C6H15O9P/c7-1-3(9)5(10)6(11)4(2-8)15-16(12,13)14/h3-11H,1-2H2,(H2,12,13,14)/t3-,4+,5-,6-/m1/s1. The van der Waals surface area contributed by atoms with E-state index in [1.807, 2.05) is 0 Å². The Morgan fingerprint density at radius 3 is 1.81 bits per heavy atom. The maximum absolute atomic E-state index is 10.4. The summed E-state index contributed by atoms with van der Waals surface area (Å²) >= 11 is 0. The minimum absolute atomic E-state index is 0.869. The Morgan fingerprint density at radius 1 is 1.00 bits per heavy atom. The number of rotatable bonds is 7. The van der Waals surface area contributed by atoms with Gasteiger partial charge in [-0.05, 0) is 0 Å². The van der Waals surface area contributed by atoms with Crippen molar-refractivity contribution < 1.29 is 44.4 Å². The van der Waals surface area contributed by atoms with Crippen LogP contribution in [0.4, 0.5) is 0 Å². The molecular weight excluding hydrogens is 247 g/mol. The number of aliphatic hydroxyl groups excluding tert-OH is 5. The van der Waals surface area contributed by atoms with Crippen LogP contribution in [0.2, 0.25) is 0 Å². The molecule has 9 nitrogen and oxygen atoms in total. The molecule has 0 heterocycles. The second-order valence-corrected chi connectivity index (χ2v) is 4.24. The summed E-state index contributed by atoms with van der Waals surface area (Å²) in [6, 6.07) is 0. The Bertz CT molecular complexity index is 240. The van der Waals surface area contributed by atoms with Gasteiger partial charge in [-0.1, -0.05) is 0 Å². The van der Waals surface area contributed by atoms with Crippen molar-refractivity contribution in [2.24, 2.45) is 0 Å². The van der Waals surface area contributed by atoms with Crippen LogP contribution in [0.15, 0.2) is 0 Å². The molecule has 98 valence electrons. The van der Waals surface area contributed by atoms with Gasteiger partial charge >= 0.3 is 7.82 Å². The number of hydrogen-bond acceptors (Lipinski definition) is 7. The van der Waals surface area contributed by atoms with E-state index in [-0.39, 0.29) is 0 Å². The van der Waals surface area contributed by atoms with E-state index in [4.69, 9.17) is 25.1 Å². The van der Waals surface area contributed by atoms with Gasteiger partial charge in [-0.15, -0.1) is 0 Å². The molecule has 16 heavy (non-hydrogen) atoms. The maximum Gasteiger partial charge on any atom is 0.470 e. The van der Waals surface area contributed by atoms with Crippen molar-refractivity contribution in [2.45, 2.75) is 24.4 Å². The van der Waals surface area contributed by atoms with Crippen molar-refractivity contribution in [1.82, 2.24) is 0 Å². The van der Waals surface area contributed by atoms with Crippen LogP contribution in [0.5, 0.6) is 0 Å². The van der Waals surface area contributed by atoms with Crippen molar-refractivity contribution >= 4 is 7.82 Å². The summed E-state index contributed by atoms with van der Waals surface area (Å²) < 4.78 is 14.4. The molecule has 0 aliphatic rings. The zero-order valence-corrected chi connectivity index (χ0v) is 9.01. The fourth-order valence-electron chi connectivity index (χ4n) is 0.936. The van der Waals surface area contributed by atoms with Gasteiger partial charge in [0.05, 0.1) is 13.2 Å². The summed E-state index contributed by atoms with van der Waals surface area (Å²) in [6.07, 6.45) is -7.37. The molecule has 0 saturated heterocycles. The van der Waals surface area contributed by atoms with E-state index in [1.165, 1.54) is 0 Å². The Hall–Kier alpha value is -0.0900. The number of aliphatic hydroxyl groups is 5. The third kappa shape index (κ3) is 5.30. The van der Waals surface area contributed by atoms with Crippen molar-refractivity contribution in [3.63, 3.8) is 0 Å². The zero-order chi connectivity index (χ0) is 12.9. The van der Waals surface area contributed by atoms with Gasteiger partial charge in [0.15, 0.2) is 0 Å². The molecule has 0 spiro atoms. The quantitative estimate of drug-likeness (QED) is 0.230. The molecule has 0 aromatic carbocycles. The molecule has 0 saturated carbocycles. The largest absolute Gasteiger partial charge is 0.470 e. The van der Waals surface area contributed by atoms with Gasteiger partial charge in [-0.2, -0.15) is 0 Å². The van der Waals surface area contributed by atoms with E-state index in [0.29, 0.717) is 0 Å². The average Bonchev–Trinajstić information content (AvgIpc) is 2.21. The van der Waals surface area contributed by atoms with Gasteiger partial charge in [0.1, 0.15) is 24.4 Å². The highest BCUT2D eigenvalue weighted by Crippen LogP contribution is 2.38. The number of phosphoric ester groups is 1. The first-order valence-corrected chi connectivity index (χ1v) is 5.75. The summed E-state index contributed by atoms with van der Waals surface area (Å²) in [7, 11) is -4.95. The van der Waals surface area contributed by atoms with Crippen LogP contribution in [0, 0.1) is 0 Å². The van der Waals surface area contributed by atoms with E-state index < -0.39 is 45.5 Å². The van der Waals surface area contributed by atoms with Crippen molar-refractivity contribution in [1.29, 1.82) is 0 Å². The molecule has 4 atom stereocenters. The lowest BCUT2D eigenvalue weighted by Crippen LogP contribution is -2.47. The monoisotopic (exact) mass is 262 g/mol. The Kier molecular flexibility index (Phi) is 6.56. The highest BCUT2D eigenvalue weighted by Gasteiger charge is 2.35. The van der Waals surface area contributed by atoms with Gasteiger partial charge in [-0.25, -0.2) is 4.57 Å². The smallest absolute Gasteiger partial charge is 0.394 e. The molecule has 0 amide bonds. The third-order valence-electron chi connectivity index (χ3n) is 1.76. The lowest BCUT2D eigenvalue weighted by molar-refractivity contribution is -0.120. The van der Waals surface area contributed by atoms with Gasteiger partial charge in [0.25, 0.3) is 0 Å². The molecular formula is C6H15O9P. The van der Waals surface area contributed by atoms with Crippen LogP contribution >= 0.6 is 7.82 Å². The summed E-state index contributed by atoms with van der Waals surface area (Å²) in [5, 5.41) is 44.6. The SMILES string of the molecule is O=P(O)(O)O[C@@H](CO)[C@@H](O)[C@H](O)[C@H](O)CO. The van der Waals surface area contributed by atoms with Crippen LogP contribution in [0.1, 0.15) is 0 Å². The molecule has 0 rings (SSSR count). The summed E-state index contributed by atoms with van der Waals surface area (Å²) in [5.41, 5.74) is 0. The van der Waals surface area contributed by atoms with Gasteiger partial charge in [0.2, 0.25) is 0 Å². The highest BCUT2D eigenvalue weighted by atomic mass is 31.2. The lowest BCUT2D eigenvalue weighted by Gasteiger charge is -2.27. The zero-order valence-electron chi connectivity index (χ0n) is 8.12. The van der Waals surface area contributed by atoms with E-state index in [9.17, 15) is 14.8 Å². The molecule has 0 aromatic heterocycles. The van der Waals surface area contributed by atoms with Crippen molar-refractivity contribution in [3.05, 3.63) is 0 Å². The Labute approximate surface area is 90.8 Å². The molecule has 0 bridgehead atoms. The fourth-order valence-corrected chi connectivity index (χ4v) is 1.48. The molecule has 0 fully saturated rings. The normalized spacial score (nSPS) is 20.2. The van der Waals surface area contributed by atoms with Crippen LogP contribution < -0.4 is 0 Å². The summed E-state index contributed by atoms with van der Waals surface area (Å²) in [5.74, 6) is 0. The molecule has 0 radical (unpaired) electrons. The second-order valence-electron chi connectivity index (χ2n) is 3.05. The van der Waals surface area contributed by atoms with E-state index >= 15 is 0 Å². The predicted octanol–water partition coefficient (Wildman–Crippen LogP) is -3.47. The first-order valence-electron chi connectivity index (χ1n) is 4.22. The van der Waals surface area contributed by atoms with E-state index in [2.05, 4.69) is 4.52 Å². The fraction of sp³-hybridized carbons (Fsp3) is 1.00. The second kappa shape index (κ2) is 6.60. The topological polar surface area (TPSA) is 168 Å². The first-order chi connectivity index (χ1) is 7.22. The number of phosphoric acid groups is 1. The predicted molar refractivity (Wildman–Crippen MR) is 49.1 cm³/mol. The maximum atomic E-state index is 10.4. The van der Waals surface area contributed by atoms with Crippen molar-refractivity contribution in [2.75, 3.05) is 13.2 Å². The molecule has 7 N–H and O–H groups in total. The molecule has 10 heteroatoms. The minimum atomic E-state index is -4.95. The molecule has 0 aromatic rings. The lowest BCUT2D eigenvalue weighted by atomic mass is 10.0. The van der Waals surface area contributed by atoms with Gasteiger partial charge in [0, 0.05) is 0 Å². The molecule has 0 aliphatic carbocycles. The first kappa shape index (κ1) is 15.9. The van der Waals surface area contributed by atoms with Crippen LogP contribution in [0.3, 0.4) is 0 Å². The summed E-state index contributed by atoms with van der Waals surface area (Å²) in [4.78, 5) is 16.8.